The molecule has 0 saturated heterocycles. The minimum absolute atomic E-state index is 0.111. The zero-order valence-corrected chi connectivity index (χ0v) is 20.7. The molecule has 0 heterocycles. The Morgan fingerprint density at radius 2 is 1.15 bits per heavy atom. The van der Waals surface area contributed by atoms with Crippen LogP contribution < -0.4 is 16.0 Å². The van der Waals surface area contributed by atoms with E-state index in [0.717, 1.165) is 44.3 Å². The van der Waals surface area contributed by atoms with Crippen molar-refractivity contribution < 1.29 is 9.59 Å². The summed E-state index contributed by atoms with van der Waals surface area (Å²) in [6.45, 7) is 3.20. The molecule has 3 N–H and O–H groups in total. The number of ketones is 1. The number of urea groups is 1. The lowest BCUT2D eigenvalue weighted by molar-refractivity contribution is -0.119. The van der Waals surface area contributed by atoms with E-state index < -0.39 is 0 Å². The molecular formula is C29H43N3O2. The third-order valence-electron chi connectivity index (χ3n) is 5.96. The Labute approximate surface area is 206 Å². The molecule has 0 radical (unpaired) electrons. The normalized spacial score (nSPS) is 10.7. The summed E-state index contributed by atoms with van der Waals surface area (Å²) >= 11 is 0. The second-order valence-corrected chi connectivity index (χ2v) is 8.95. The van der Waals surface area contributed by atoms with Gasteiger partial charge in [0.05, 0.1) is 0 Å². The number of carbonyl (C=O) groups excluding carboxylic acids is 2. The Morgan fingerprint density at radius 1 is 0.559 bits per heavy atom. The molecule has 0 aliphatic heterocycles. The van der Waals surface area contributed by atoms with E-state index in [1.807, 2.05) is 48.5 Å². The number of hydrogen-bond donors (Lipinski definition) is 3. The van der Waals surface area contributed by atoms with Crippen molar-refractivity contribution >= 4 is 11.8 Å². The number of amides is 2. The number of Topliss-reactive ketones (excluding diaryl/α,β-unsaturated/α-hetero) is 1. The molecule has 0 aromatic heterocycles. The smallest absolute Gasteiger partial charge is 0.315 e. The number of hydrogen-bond acceptors (Lipinski definition) is 3. The van der Waals surface area contributed by atoms with Crippen LogP contribution in [0.25, 0.3) is 0 Å². The standard InChI is InChI=1S/C29H43N3O2/c33-28(21-20-26-15-8-6-9-16-26)19-12-4-2-1-3-5-13-22-30-23-14-24-31-29(34)32-25-27-17-10-7-11-18-27/h6-11,15-18,30H,1-5,12-14,19-25H2,(H2,31,32,34). The van der Waals surface area contributed by atoms with Gasteiger partial charge in [-0.1, -0.05) is 92.8 Å². The molecule has 2 aromatic rings. The van der Waals surface area contributed by atoms with E-state index in [0.29, 0.717) is 25.3 Å². The number of nitrogens with one attached hydrogen (secondary N) is 3. The van der Waals surface area contributed by atoms with E-state index in [2.05, 4.69) is 28.1 Å². The average Bonchev–Trinajstić information content (AvgIpc) is 2.87. The molecule has 34 heavy (non-hydrogen) atoms. The second kappa shape index (κ2) is 18.7. The van der Waals surface area contributed by atoms with Gasteiger partial charge < -0.3 is 16.0 Å². The van der Waals surface area contributed by atoms with Gasteiger partial charge in [-0.3, -0.25) is 4.79 Å². The van der Waals surface area contributed by atoms with Crippen LogP contribution in [0.5, 0.6) is 0 Å². The molecule has 0 bridgehead atoms. The SMILES string of the molecule is O=C(CCCCCCCCCNCCCNC(=O)NCc1ccccc1)CCc1ccccc1. The van der Waals surface area contributed by atoms with E-state index in [-0.39, 0.29) is 6.03 Å². The fourth-order valence-corrected chi connectivity index (χ4v) is 3.89. The largest absolute Gasteiger partial charge is 0.338 e. The Morgan fingerprint density at radius 3 is 1.85 bits per heavy atom. The summed E-state index contributed by atoms with van der Waals surface area (Å²) < 4.78 is 0. The molecule has 0 saturated carbocycles. The van der Waals surface area contributed by atoms with E-state index in [1.54, 1.807) is 0 Å². The molecule has 0 atom stereocenters. The molecule has 0 fully saturated rings. The van der Waals surface area contributed by atoms with Crippen molar-refractivity contribution in [3.8, 4) is 0 Å². The fraction of sp³-hybridized carbons (Fsp3) is 0.517. The third-order valence-corrected chi connectivity index (χ3v) is 5.96. The highest BCUT2D eigenvalue weighted by atomic mass is 16.2. The minimum Gasteiger partial charge on any atom is -0.338 e. The Hall–Kier alpha value is -2.66. The highest BCUT2D eigenvalue weighted by molar-refractivity contribution is 5.78. The van der Waals surface area contributed by atoms with Crippen LogP contribution in [0.15, 0.2) is 60.7 Å². The summed E-state index contributed by atoms with van der Waals surface area (Å²) in [5, 5.41) is 9.23. The van der Waals surface area contributed by atoms with Crippen molar-refractivity contribution in [1.29, 1.82) is 0 Å². The van der Waals surface area contributed by atoms with Crippen molar-refractivity contribution in [2.45, 2.75) is 77.2 Å². The van der Waals surface area contributed by atoms with Crippen molar-refractivity contribution in [3.63, 3.8) is 0 Å². The number of unbranched alkanes of at least 4 members (excludes halogenated alkanes) is 6. The van der Waals surface area contributed by atoms with Crippen LogP contribution in [0.2, 0.25) is 0 Å². The Balaban J connectivity index is 1.28. The summed E-state index contributed by atoms with van der Waals surface area (Å²) in [5.41, 5.74) is 2.35. The highest BCUT2D eigenvalue weighted by Crippen LogP contribution is 2.10. The highest BCUT2D eigenvalue weighted by Gasteiger charge is 2.03. The van der Waals surface area contributed by atoms with Gasteiger partial charge in [-0.05, 0) is 49.9 Å². The lowest BCUT2D eigenvalue weighted by Crippen LogP contribution is -2.36. The number of rotatable bonds is 19. The van der Waals surface area contributed by atoms with Gasteiger partial charge in [0.15, 0.2) is 0 Å². The molecule has 0 spiro atoms. The van der Waals surface area contributed by atoms with Crippen LogP contribution in [0.1, 0.15) is 75.3 Å². The Kier molecular flexibility index (Phi) is 15.2. The van der Waals surface area contributed by atoms with Gasteiger partial charge in [0.1, 0.15) is 5.78 Å². The molecule has 2 amide bonds. The first-order valence-electron chi connectivity index (χ1n) is 13.1. The number of carbonyl (C=O) groups is 2. The van der Waals surface area contributed by atoms with Gasteiger partial charge in [-0.15, -0.1) is 0 Å². The quantitative estimate of drug-likeness (QED) is 0.230. The average molecular weight is 466 g/mol. The second-order valence-electron chi connectivity index (χ2n) is 8.95. The Bertz CT molecular complexity index is 713. The van der Waals surface area contributed by atoms with E-state index in [4.69, 9.17) is 0 Å². The van der Waals surface area contributed by atoms with Gasteiger partial charge in [0.2, 0.25) is 0 Å². The topological polar surface area (TPSA) is 70.2 Å². The van der Waals surface area contributed by atoms with E-state index >= 15 is 0 Å². The van der Waals surface area contributed by atoms with Crippen LogP contribution in [0.3, 0.4) is 0 Å². The summed E-state index contributed by atoms with van der Waals surface area (Å²) in [6.07, 6.45) is 11.6. The van der Waals surface area contributed by atoms with Gasteiger partial charge in [-0.2, -0.15) is 0 Å². The first kappa shape index (κ1) is 27.6. The van der Waals surface area contributed by atoms with E-state index in [1.165, 1.54) is 44.1 Å². The molecule has 0 aliphatic rings. The summed E-state index contributed by atoms with van der Waals surface area (Å²) in [5.74, 6) is 0.401. The predicted molar refractivity (Wildman–Crippen MR) is 141 cm³/mol. The predicted octanol–water partition coefficient (Wildman–Crippen LogP) is 5.79. The maximum absolute atomic E-state index is 12.0. The maximum atomic E-state index is 12.0. The van der Waals surface area contributed by atoms with Crippen LogP contribution >= 0.6 is 0 Å². The van der Waals surface area contributed by atoms with E-state index in [9.17, 15) is 9.59 Å². The van der Waals surface area contributed by atoms with Crippen LogP contribution in [-0.4, -0.2) is 31.4 Å². The van der Waals surface area contributed by atoms with Crippen LogP contribution in [0.4, 0.5) is 4.79 Å². The maximum Gasteiger partial charge on any atom is 0.315 e. The lowest BCUT2D eigenvalue weighted by atomic mass is 10.0. The summed E-state index contributed by atoms with van der Waals surface area (Å²) in [4.78, 5) is 23.8. The van der Waals surface area contributed by atoms with Crippen molar-refractivity contribution in [2.75, 3.05) is 19.6 Å². The molecule has 186 valence electrons. The number of aryl methyl sites for hydroxylation is 1. The molecule has 2 rings (SSSR count). The van der Waals surface area contributed by atoms with Crippen molar-refractivity contribution in [3.05, 3.63) is 71.8 Å². The minimum atomic E-state index is -0.111. The first-order valence-corrected chi connectivity index (χ1v) is 13.1. The van der Waals surface area contributed by atoms with Gasteiger partial charge in [0, 0.05) is 25.9 Å². The van der Waals surface area contributed by atoms with Crippen molar-refractivity contribution in [2.24, 2.45) is 0 Å². The summed E-state index contributed by atoms with van der Waals surface area (Å²) in [7, 11) is 0. The summed E-state index contributed by atoms with van der Waals surface area (Å²) in [6, 6.07) is 20.1. The van der Waals surface area contributed by atoms with Crippen molar-refractivity contribution in [1.82, 2.24) is 16.0 Å². The zero-order valence-electron chi connectivity index (χ0n) is 20.7. The molecular weight excluding hydrogens is 422 g/mol. The van der Waals surface area contributed by atoms with Crippen LogP contribution in [-0.2, 0) is 17.8 Å². The first-order chi connectivity index (χ1) is 16.7. The molecule has 0 unspecified atom stereocenters. The molecule has 5 nitrogen and oxygen atoms in total. The zero-order chi connectivity index (χ0) is 24.1. The van der Waals surface area contributed by atoms with Crippen LogP contribution in [0, 0.1) is 0 Å². The molecule has 0 aliphatic carbocycles. The monoisotopic (exact) mass is 465 g/mol. The fourth-order valence-electron chi connectivity index (χ4n) is 3.89. The number of benzene rings is 2. The van der Waals surface area contributed by atoms with Gasteiger partial charge >= 0.3 is 6.03 Å². The molecule has 5 heteroatoms. The third kappa shape index (κ3) is 14.5. The lowest BCUT2D eigenvalue weighted by Gasteiger charge is -2.08. The molecule has 2 aromatic carbocycles. The van der Waals surface area contributed by atoms with Gasteiger partial charge in [0.25, 0.3) is 0 Å². The van der Waals surface area contributed by atoms with Gasteiger partial charge in [-0.25, -0.2) is 4.79 Å².